The summed E-state index contributed by atoms with van der Waals surface area (Å²) in [7, 11) is 0. The zero-order chi connectivity index (χ0) is 54.7. The molecule has 1 saturated heterocycles. The van der Waals surface area contributed by atoms with Gasteiger partial charge in [-0.25, -0.2) is 0 Å². The number of amides is 1. The first-order chi connectivity index (χ1) is 36.7. The van der Waals surface area contributed by atoms with Crippen LogP contribution in [0.3, 0.4) is 0 Å². The Bertz CT molecular complexity index is 1490. The van der Waals surface area contributed by atoms with Gasteiger partial charge in [-0.1, -0.05) is 235 Å². The number of ether oxygens (including phenoxy) is 3. The second-order valence-corrected chi connectivity index (χ2v) is 21.1. The van der Waals surface area contributed by atoms with Gasteiger partial charge >= 0.3 is 5.97 Å². The number of allylic oxidation sites excluding steroid dienone is 11. The van der Waals surface area contributed by atoms with Gasteiger partial charge in [0.05, 0.1) is 25.4 Å². The summed E-state index contributed by atoms with van der Waals surface area (Å²) in [6.45, 7) is 5.73. The number of carbonyl (C=O) groups is 2. The molecule has 8 unspecified atom stereocenters. The van der Waals surface area contributed by atoms with Crippen molar-refractivity contribution in [2.24, 2.45) is 0 Å². The van der Waals surface area contributed by atoms with Crippen LogP contribution >= 0.6 is 0 Å². The van der Waals surface area contributed by atoms with Gasteiger partial charge in [0.15, 0.2) is 12.4 Å². The molecule has 6 N–H and O–H groups in total. The number of esters is 1. The lowest BCUT2D eigenvalue weighted by molar-refractivity contribution is -0.305. The lowest BCUT2D eigenvalue weighted by atomic mass is 9.99. The first-order valence-corrected chi connectivity index (χ1v) is 30.7. The van der Waals surface area contributed by atoms with E-state index in [0.717, 1.165) is 77.0 Å². The maximum atomic E-state index is 13.4. The Hall–Kier alpha value is -2.90. The van der Waals surface area contributed by atoms with Crippen LogP contribution in [0.4, 0.5) is 0 Å². The molecule has 1 heterocycles. The number of hydrogen-bond acceptors (Lipinski definition) is 10. The average molecular weight is 1060 g/mol. The summed E-state index contributed by atoms with van der Waals surface area (Å²) in [4.78, 5) is 26.5. The van der Waals surface area contributed by atoms with Crippen molar-refractivity contribution in [2.45, 2.75) is 307 Å². The summed E-state index contributed by atoms with van der Waals surface area (Å²) in [6.07, 6.45) is 55.1. The van der Waals surface area contributed by atoms with E-state index in [1.165, 1.54) is 128 Å². The average Bonchev–Trinajstić information content (AvgIpc) is 3.41. The van der Waals surface area contributed by atoms with Crippen LogP contribution in [0.15, 0.2) is 72.9 Å². The van der Waals surface area contributed by atoms with Crippen LogP contribution in [0, 0.1) is 0 Å². The fourth-order valence-electron chi connectivity index (χ4n) is 9.17. The number of nitrogens with one attached hydrogen (secondary N) is 1. The van der Waals surface area contributed by atoms with E-state index in [1.807, 2.05) is 12.2 Å². The van der Waals surface area contributed by atoms with Crippen LogP contribution in [0.5, 0.6) is 0 Å². The molecule has 0 spiro atoms. The third-order valence-electron chi connectivity index (χ3n) is 14.1. The van der Waals surface area contributed by atoms with Crippen LogP contribution in [0.2, 0.25) is 0 Å². The predicted octanol–water partition coefficient (Wildman–Crippen LogP) is 14.4. The minimum Gasteiger partial charge on any atom is -0.454 e. The van der Waals surface area contributed by atoms with Crippen LogP contribution in [-0.4, -0.2) is 99.6 Å². The molecule has 1 fully saturated rings. The quantitative estimate of drug-likeness (QED) is 0.0195. The summed E-state index contributed by atoms with van der Waals surface area (Å²) in [5, 5.41) is 56.9. The molecular weight excluding hydrogens is 943 g/mol. The van der Waals surface area contributed by atoms with Crippen molar-refractivity contribution >= 4 is 11.9 Å². The van der Waals surface area contributed by atoms with Crippen molar-refractivity contribution in [3.05, 3.63) is 72.9 Å². The molecule has 1 rings (SSSR count). The third-order valence-corrected chi connectivity index (χ3v) is 14.1. The molecule has 11 nitrogen and oxygen atoms in total. The van der Waals surface area contributed by atoms with Crippen molar-refractivity contribution in [1.29, 1.82) is 0 Å². The number of unbranched alkanes of at least 4 members (excludes halogenated alkanes) is 27. The van der Waals surface area contributed by atoms with E-state index in [0.29, 0.717) is 19.3 Å². The van der Waals surface area contributed by atoms with Crippen LogP contribution in [-0.2, 0) is 23.8 Å². The second-order valence-electron chi connectivity index (χ2n) is 21.1. The van der Waals surface area contributed by atoms with Crippen molar-refractivity contribution in [2.75, 3.05) is 13.2 Å². The molecule has 0 saturated carbocycles. The number of aliphatic hydroxyl groups is 5. The predicted molar refractivity (Wildman–Crippen MR) is 310 cm³/mol. The summed E-state index contributed by atoms with van der Waals surface area (Å²) in [6, 6.07) is -1.04. The molecule has 1 amide bonds. The molecule has 0 aliphatic carbocycles. The zero-order valence-electron chi connectivity index (χ0n) is 47.9. The van der Waals surface area contributed by atoms with Crippen LogP contribution < -0.4 is 5.32 Å². The molecule has 434 valence electrons. The number of carbonyl (C=O) groups excluding carboxylic acids is 2. The maximum Gasteiger partial charge on any atom is 0.306 e. The van der Waals surface area contributed by atoms with Crippen molar-refractivity contribution < 1.29 is 49.3 Å². The molecule has 0 bridgehead atoms. The Morgan fingerprint density at radius 1 is 0.520 bits per heavy atom. The van der Waals surface area contributed by atoms with E-state index >= 15 is 0 Å². The Morgan fingerprint density at radius 2 is 0.920 bits per heavy atom. The third kappa shape index (κ3) is 40.0. The van der Waals surface area contributed by atoms with Gasteiger partial charge in [0.25, 0.3) is 0 Å². The van der Waals surface area contributed by atoms with Gasteiger partial charge in [-0.15, -0.1) is 0 Å². The Kier molecular flexibility index (Phi) is 48.5. The normalized spacial score (nSPS) is 19.7. The van der Waals surface area contributed by atoms with Crippen molar-refractivity contribution in [3.63, 3.8) is 0 Å². The molecule has 0 radical (unpaired) electrons. The highest BCUT2D eigenvalue weighted by atomic mass is 16.7. The summed E-state index contributed by atoms with van der Waals surface area (Å²) in [5.41, 5.74) is 0. The zero-order valence-corrected chi connectivity index (χ0v) is 47.9. The molecule has 0 aromatic rings. The summed E-state index contributed by atoms with van der Waals surface area (Å²) in [5.74, 6) is -1.26. The molecule has 8 atom stereocenters. The number of aliphatic hydroxyl groups excluding tert-OH is 5. The fraction of sp³-hybridized carbons (Fsp3) is 0.781. The topological polar surface area (TPSA) is 175 Å². The number of rotatable bonds is 51. The fourth-order valence-corrected chi connectivity index (χ4v) is 9.17. The van der Waals surface area contributed by atoms with Gasteiger partial charge < -0.3 is 45.1 Å². The first kappa shape index (κ1) is 70.1. The van der Waals surface area contributed by atoms with E-state index in [1.54, 1.807) is 6.08 Å². The van der Waals surface area contributed by atoms with Crippen LogP contribution in [0.25, 0.3) is 0 Å². The van der Waals surface area contributed by atoms with Gasteiger partial charge in [-0.05, 0) is 89.9 Å². The van der Waals surface area contributed by atoms with Crippen LogP contribution in [0.1, 0.15) is 258 Å². The first-order valence-electron chi connectivity index (χ1n) is 30.7. The van der Waals surface area contributed by atoms with Gasteiger partial charge in [0.1, 0.15) is 24.4 Å². The molecule has 1 aliphatic heterocycles. The lowest BCUT2D eigenvalue weighted by Gasteiger charge is -2.41. The molecule has 0 aromatic carbocycles. The summed E-state index contributed by atoms with van der Waals surface area (Å²) < 4.78 is 17.6. The Labute approximate surface area is 458 Å². The highest BCUT2D eigenvalue weighted by molar-refractivity contribution is 5.80. The molecule has 75 heavy (non-hydrogen) atoms. The van der Waals surface area contributed by atoms with Gasteiger partial charge in [0.2, 0.25) is 5.91 Å². The molecule has 11 heteroatoms. The Balaban J connectivity index is 2.75. The van der Waals surface area contributed by atoms with Gasteiger partial charge in [-0.2, -0.15) is 0 Å². The SMILES string of the molecule is CCCCC/C=C\C/C=C\C/C=C\C/C=C\CCCC(=O)OC1C(OCC(NC(=O)C(O)CCCCCCCC/C=C/CCCCCCCC)C(O)/C=C/CCCCCCCCCCCCC)OC(CO)C(O)C1O. The Morgan fingerprint density at radius 3 is 1.41 bits per heavy atom. The molecule has 1 aliphatic rings. The molecular formula is C64H113NO10. The minimum atomic E-state index is -1.64. The van der Waals surface area contributed by atoms with Crippen molar-refractivity contribution in [1.82, 2.24) is 5.32 Å². The second kappa shape index (κ2) is 51.8. The monoisotopic (exact) mass is 1060 g/mol. The standard InChI is InChI=1S/C64H113NO10/c1-4-7-10-13-16-19-22-25-27-29-31-34-37-40-43-46-49-52-59(69)75-62-61(71)60(70)58(53-66)74-64(62)73-54-55(56(67)50-47-44-41-38-35-32-24-21-18-15-12-9-6-3)65-63(72)57(68)51-48-45-42-39-36-33-30-28-26-23-20-17-14-11-8-5-2/h16,19,25-28,31,34,40,43,47,50,55-58,60-62,64,66-68,70-71H,4-15,17-18,20-24,29-30,32-33,35-39,41-42,44-46,48-49,51-54H2,1-3H3,(H,65,72)/b19-16-,27-25-,28-26+,34-31-,43-40-,50-47+. The van der Waals surface area contributed by atoms with E-state index in [4.69, 9.17) is 14.2 Å². The van der Waals surface area contributed by atoms with Gasteiger partial charge in [0, 0.05) is 6.42 Å². The summed E-state index contributed by atoms with van der Waals surface area (Å²) >= 11 is 0. The largest absolute Gasteiger partial charge is 0.454 e. The minimum absolute atomic E-state index is 0.0453. The highest BCUT2D eigenvalue weighted by Gasteiger charge is 2.47. The smallest absolute Gasteiger partial charge is 0.306 e. The maximum absolute atomic E-state index is 13.4. The number of hydrogen-bond donors (Lipinski definition) is 6. The van der Waals surface area contributed by atoms with E-state index in [9.17, 15) is 35.1 Å². The van der Waals surface area contributed by atoms with E-state index in [2.05, 4.69) is 80.8 Å². The molecule has 0 aromatic heterocycles. The highest BCUT2D eigenvalue weighted by Crippen LogP contribution is 2.26. The van der Waals surface area contributed by atoms with Crippen molar-refractivity contribution in [3.8, 4) is 0 Å². The lowest BCUT2D eigenvalue weighted by Crippen LogP contribution is -2.61. The van der Waals surface area contributed by atoms with Gasteiger partial charge in [-0.3, -0.25) is 9.59 Å². The van der Waals surface area contributed by atoms with E-state index in [-0.39, 0.29) is 19.4 Å². The van der Waals surface area contributed by atoms with E-state index < -0.39 is 67.4 Å².